The standard InChI is InChI=1S/C10H20N2O3S/c1-8(2)5-10(13)12-7-9-6-11-3-4-16(9,14)15/h8-9,11H,3-7H2,1-2H3,(H,12,13). The minimum Gasteiger partial charge on any atom is -0.355 e. The maximum absolute atomic E-state index is 11.6. The maximum Gasteiger partial charge on any atom is 0.220 e. The molecule has 1 aliphatic rings. The van der Waals surface area contributed by atoms with Gasteiger partial charge in [-0.05, 0) is 5.92 Å². The van der Waals surface area contributed by atoms with Crippen molar-refractivity contribution in [3.8, 4) is 0 Å². The lowest BCUT2D eigenvalue weighted by molar-refractivity contribution is -0.121. The van der Waals surface area contributed by atoms with Gasteiger partial charge >= 0.3 is 0 Å². The van der Waals surface area contributed by atoms with Crippen LogP contribution in [-0.2, 0) is 14.6 Å². The summed E-state index contributed by atoms with van der Waals surface area (Å²) in [6.45, 7) is 5.08. The zero-order chi connectivity index (χ0) is 12.2. The largest absolute Gasteiger partial charge is 0.355 e. The lowest BCUT2D eigenvalue weighted by Gasteiger charge is -2.23. The third-order valence-corrected chi connectivity index (χ3v) is 4.69. The fraction of sp³-hybridized carbons (Fsp3) is 0.900. The van der Waals surface area contributed by atoms with Crippen molar-refractivity contribution in [3.05, 3.63) is 0 Å². The number of rotatable bonds is 4. The van der Waals surface area contributed by atoms with Gasteiger partial charge in [0.25, 0.3) is 0 Å². The first-order valence-electron chi connectivity index (χ1n) is 5.61. The summed E-state index contributed by atoms with van der Waals surface area (Å²) in [5.41, 5.74) is 0. The van der Waals surface area contributed by atoms with Crippen LogP contribution in [-0.4, -0.2) is 45.0 Å². The number of hydrogen-bond donors (Lipinski definition) is 2. The van der Waals surface area contributed by atoms with Crippen LogP contribution in [0.25, 0.3) is 0 Å². The first-order valence-corrected chi connectivity index (χ1v) is 7.32. The Labute approximate surface area is 96.9 Å². The van der Waals surface area contributed by atoms with Crippen LogP contribution in [0.15, 0.2) is 0 Å². The Morgan fingerprint density at radius 2 is 2.19 bits per heavy atom. The molecule has 0 spiro atoms. The van der Waals surface area contributed by atoms with E-state index in [0.717, 1.165) is 0 Å². The van der Waals surface area contributed by atoms with Crippen molar-refractivity contribution in [1.82, 2.24) is 10.6 Å². The normalized spacial score (nSPS) is 24.3. The molecular formula is C10H20N2O3S. The van der Waals surface area contributed by atoms with Crippen LogP contribution in [0.1, 0.15) is 20.3 Å². The van der Waals surface area contributed by atoms with Crippen LogP contribution in [0.4, 0.5) is 0 Å². The average Bonchev–Trinajstić information content (AvgIpc) is 2.14. The van der Waals surface area contributed by atoms with E-state index in [1.807, 2.05) is 13.8 Å². The molecular weight excluding hydrogens is 228 g/mol. The third kappa shape index (κ3) is 4.09. The van der Waals surface area contributed by atoms with Crippen LogP contribution >= 0.6 is 0 Å². The molecule has 1 saturated heterocycles. The predicted octanol–water partition coefficient (Wildman–Crippen LogP) is -0.465. The van der Waals surface area contributed by atoms with E-state index >= 15 is 0 Å². The molecule has 1 rings (SSSR count). The molecule has 2 N–H and O–H groups in total. The van der Waals surface area contributed by atoms with E-state index in [2.05, 4.69) is 10.6 Å². The quantitative estimate of drug-likeness (QED) is 0.705. The van der Waals surface area contributed by atoms with E-state index in [1.54, 1.807) is 0 Å². The first-order chi connectivity index (χ1) is 7.42. The van der Waals surface area contributed by atoms with Gasteiger partial charge in [0.05, 0.1) is 11.0 Å². The minimum absolute atomic E-state index is 0.0734. The first kappa shape index (κ1) is 13.4. The number of carbonyl (C=O) groups excluding carboxylic acids is 1. The molecule has 6 heteroatoms. The van der Waals surface area contributed by atoms with Gasteiger partial charge < -0.3 is 10.6 Å². The van der Waals surface area contributed by atoms with Crippen LogP contribution in [0.5, 0.6) is 0 Å². The van der Waals surface area contributed by atoms with Gasteiger partial charge in [0.1, 0.15) is 0 Å². The third-order valence-electron chi connectivity index (χ3n) is 2.56. The fourth-order valence-corrected chi connectivity index (χ4v) is 3.11. The van der Waals surface area contributed by atoms with Crippen LogP contribution in [0, 0.1) is 5.92 Å². The number of carbonyl (C=O) groups is 1. The predicted molar refractivity (Wildman–Crippen MR) is 62.9 cm³/mol. The summed E-state index contributed by atoms with van der Waals surface area (Å²) in [7, 11) is -3.02. The van der Waals surface area contributed by atoms with Crippen molar-refractivity contribution in [2.24, 2.45) is 5.92 Å². The molecule has 0 aliphatic carbocycles. The Morgan fingerprint density at radius 3 is 2.75 bits per heavy atom. The SMILES string of the molecule is CC(C)CC(=O)NCC1CNCCS1(=O)=O. The topological polar surface area (TPSA) is 75.3 Å². The summed E-state index contributed by atoms with van der Waals surface area (Å²) in [6.07, 6.45) is 0.445. The highest BCUT2D eigenvalue weighted by atomic mass is 32.2. The van der Waals surface area contributed by atoms with Gasteiger partial charge in [-0.25, -0.2) is 8.42 Å². The van der Waals surface area contributed by atoms with Crippen molar-refractivity contribution in [3.63, 3.8) is 0 Å². The van der Waals surface area contributed by atoms with Gasteiger partial charge in [-0.3, -0.25) is 4.79 Å². The van der Waals surface area contributed by atoms with E-state index in [9.17, 15) is 13.2 Å². The zero-order valence-electron chi connectivity index (χ0n) is 9.82. The summed E-state index contributed by atoms with van der Waals surface area (Å²) >= 11 is 0. The molecule has 0 saturated carbocycles. The fourth-order valence-electron chi connectivity index (χ4n) is 1.64. The highest BCUT2D eigenvalue weighted by Crippen LogP contribution is 2.05. The van der Waals surface area contributed by atoms with E-state index < -0.39 is 15.1 Å². The molecule has 1 heterocycles. The minimum atomic E-state index is -3.02. The summed E-state index contributed by atoms with van der Waals surface area (Å²) in [6, 6.07) is 0. The molecule has 1 atom stereocenters. The average molecular weight is 248 g/mol. The van der Waals surface area contributed by atoms with Gasteiger partial charge in [-0.1, -0.05) is 13.8 Å². The number of nitrogens with one attached hydrogen (secondary N) is 2. The monoisotopic (exact) mass is 248 g/mol. The molecule has 0 bridgehead atoms. The van der Waals surface area contributed by atoms with Gasteiger partial charge in [0.15, 0.2) is 9.84 Å². The highest BCUT2D eigenvalue weighted by Gasteiger charge is 2.28. The van der Waals surface area contributed by atoms with E-state index in [4.69, 9.17) is 0 Å². The van der Waals surface area contributed by atoms with Gasteiger partial charge in [0, 0.05) is 26.1 Å². The van der Waals surface area contributed by atoms with Gasteiger partial charge in [0.2, 0.25) is 5.91 Å². The van der Waals surface area contributed by atoms with Gasteiger partial charge in [-0.2, -0.15) is 0 Å². The molecule has 0 aromatic carbocycles. The zero-order valence-corrected chi connectivity index (χ0v) is 10.6. The number of hydrogen-bond acceptors (Lipinski definition) is 4. The Balaban J connectivity index is 2.39. The Bertz CT molecular complexity index is 338. The van der Waals surface area contributed by atoms with Crippen molar-refractivity contribution < 1.29 is 13.2 Å². The molecule has 5 nitrogen and oxygen atoms in total. The van der Waals surface area contributed by atoms with E-state index in [0.29, 0.717) is 25.4 Å². The van der Waals surface area contributed by atoms with Crippen LogP contribution < -0.4 is 10.6 Å². The van der Waals surface area contributed by atoms with Crippen LogP contribution in [0.2, 0.25) is 0 Å². The Hall–Kier alpha value is -0.620. The molecule has 94 valence electrons. The molecule has 16 heavy (non-hydrogen) atoms. The van der Waals surface area contributed by atoms with Gasteiger partial charge in [-0.15, -0.1) is 0 Å². The molecule has 1 aliphatic heterocycles. The smallest absolute Gasteiger partial charge is 0.220 e. The second-order valence-electron chi connectivity index (χ2n) is 4.60. The van der Waals surface area contributed by atoms with Crippen molar-refractivity contribution in [2.75, 3.05) is 25.4 Å². The summed E-state index contributed by atoms with van der Waals surface area (Å²) in [5, 5.41) is 5.23. The molecule has 0 radical (unpaired) electrons. The lowest BCUT2D eigenvalue weighted by atomic mass is 10.1. The Kier molecular flexibility index (Phi) is 4.73. The molecule has 1 amide bonds. The molecule has 0 aromatic rings. The summed E-state index contributed by atoms with van der Waals surface area (Å²) in [5.74, 6) is 0.384. The molecule has 1 unspecified atom stereocenters. The summed E-state index contributed by atoms with van der Waals surface area (Å²) < 4.78 is 23.3. The summed E-state index contributed by atoms with van der Waals surface area (Å²) in [4.78, 5) is 11.4. The lowest BCUT2D eigenvalue weighted by Crippen LogP contribution is -2.49. The molecule has 1 fully saturated rings. The van der Waals surface area contributed by atoms with Crippen molar-refractivity contribution in [1.29, 1.82) is 0 Å². The Morgan fingerprint density at radius 1 is 1.50 bits per heavy atom. The highest BCUT2D eigenvalue weighted by molar-refractivity contribution is 7.92. The maximum atomic E-state index is 11.6. The van der Waals surface area contributed by atoms with Crippen molar-refractivity contribution in [2.45, 2.75) is 25.5 Å². The molecule has 0 aromatic heterocycles. The van der Waals surface area contributed by atoms with Crippen molar-refractivity contribution >= 4 is 15.7 Å². The van der Waals surface area contributed by atoms with Crippen LogP contribution in [0.3, 0.4) is 0 Å². The number of sulfone groups is 1. The van der Waals surface area contributed by atoms with E-state index in [-0.39, 0.29) is 18.2 Å². The van der Waals surface area contributed by atoms with E-state index in [1.165, 1.54) is 0 Å². The second-order valence-corrected chi connectivity index (χ2v) is 7.00. The number of amides is 1. The second kappa shape index (κ2) is 5.63.